The summed E-state index contributed by atoms with van der Waals surface area (Å²) < 4.78 is 40.7. The summed E-state index contributed by atoms with van der Waals surface area (Å²) in [7, 11) is -2.00. The Bertz CT molecular complexity index is 964. The monoisotopic (exact) mass is 365 g/mol. The molecule has 0 saturated heterocycles. The predicted molar refractivity (Wildman–Crippen MR) is 89.5 cm³/mol. The smallest absolute Gasteiger partial charge is 0.354 e. The molecule has 2 rings (SSSR count). The van der Waals surface area contributed by atoms with Gasteiger partial charge >= 0.3 is 11.9 Å². The second kappa shape index (κ2) is 7.32. The lowest BCUT2D eigenvalue weighted by Crippen LogP contribution is -2.15. The van der Waals surface area contributed by atoms with E-state index in [0.717, 1.165) is 13.2 Å². The first-order chi connectivity index (χ1) is 11.8. The first-order valence-electron chi connectivity index (χ1n) is 6.91. The summed E-state index contributed by atoms with van der Waals surface area (Å²) in [4.78, 5) is 23.0. The molecule has 0 spiro atoms. The molecule has 0 aliphatic carbocycles. The van der Waals surface area contributed by atoms with Crippen LogP contribution in [0.5, 0.6) is 0 Å². The van der Waals surface area contributed by atoms with Gasteiger partial charge in [-0.3, -0.25) is 4.55 Å². The fraction of sp³-hybridized carbons (Fsp3) is 0.125. The van der Waals surface area contributed by atoms with Crippen LogP contribution < -0.4 is 5.32 Å². The van der Waals surface area contributed by atoms with Gasteiger partial charge in [0.15, 0.2) is 0 Å². The Morgan fingerprint density at radius 1 is 1.12 bits per heavy atom. The third-order valence-corrected chi connectivity index (χ3v) is 4.14. The summed E-state index contributed by atoms with van der Waals surface area (Å²) in [5.41, 5.74) is 0.278. The van der Waals surface area contributed by atoms with Crippen molar-refractivity contribution in [3.8, 4) is 0 Å². The van der Waals surface area contributed by atoms with Crippen LogP contribution in [0.25, 0.3) is 10.8 Å². The van der Waals surface area contributed by atoms with Crippen molar-refractivity contribution in [1.29, 1.82) is 0 Å². The molecule has 0 atom stereocenters. The van der Waals surface area contributed by atoms with Gasteiger partial charge in [0.05, 0.1) is 25.2 Å². The molecule has 0 amide bonds. The van der Waals surface area contributed by atoms with Gasteiger partial charge in [-0.2, -0.15) is 8.42 Å². The highest BCUT2D eigenvalue weighted by Gasteiger charge is 2.15. The van der Waals surface area contributed by atoms with Gasteiger partial charge < -0.3 is 14.8 Å². The van der Waals surface area contributed by atoms with Crippen LogP contribution in [0.4, 0.5) is 5.69 Å². The standard InChI is InChI=1S/C16H15NO7S/c1-23-15(18)9-14(16(19)24-2)17-13-5-3-4-10-8-11(25(20,21)22)6-7-12(10)13/h3-9,17H,1-2H3,(H,20,21,22)/b14-9+. The minimum atomic E-state index is -4.33. The zero-order valence-electron chi connectivity index (χ0n) is 13.3. The Morgan fingerprint density at radius 2 is 1.84 bits per heavy atom. The van der Waals surface area contributed by atoms with Gasteiger partial charge in [-0.15, -0.1) is 0 Å². The lowest BCUT2D eigenvalue weighted by molar-refractivity contribution is -0.138. The van der Waals surface area contributed by atoms with Gasteiger partial charge in [0, 0.05) is 11.1 Å². The van der Waals surface area contributed by atoms with Crippen molar-refractivity contribution in [3.63, 3.8) is 0 Å². The van der Waals surface area contributed by atoms with Crippen LogP contribution >= 0.6 is 0 Å². The van der Waals surface area contributed by atoms with Gasteiger partial charge in [0.25, 0.3) is 10.1 Å². The number of carbonyl (C=O) groups excluding carboxylic acids is 2. The van der Waals surface area contributed by atoms with Crippen LogP contribution in [0.2, 0.25) is 0 Å². The number of esters is 2. The summed E-state index contributed by atoms with van der Waals surface area (Å²) in [6, 6.07) is 8.86. The fourth-order valence-electron chi connectivity index (χ4n) is 2.11. The molecule has 0 bridgehead atoms. The largest absolute Gasteiger partial charge is 0.466 e. The number of ether oxygens (including phenoxy) is 2. The average Bonchev–Trinajstić information content (AvgIpc) is 2.59. The minimum absolute atomic E-state index is 0.152. The summed E-state index contributed by atoms with van der Waals surface area (Å²) in [6.45, 7) is 0. The molecule has 25 heavy (non-hydrogen) atoms. The second-order valence-electron chi connectivity index (χ2n) is 4.86. The van der Waals surface area contributed by atoms with Crippen molar-refractivity contribution in [2.75, 3.05) is 19.5 Å². The van der Waals surface area contributed by atoms with E-state index in [2.05, 4.69) is 14.8 Å². The molecule has 132 valence electrons. The Hall–Kier alpha value is -2.91. The molecule has 9 heteroatoms. The predicted octanol–water partition coefficient (Wildman–Crippen LogP) is 1.73. The number of benzene rings is 2. The van der Waals surface area contributed by atoms with E-state index >= 15 is 0 Å². The molecule has 8 nitrogen and oxygen atoms in total. The number of methoxy groups -OCH3 is 2. The van der Waals surface area contributed by atoms with Crippen LogP contribution in [0, 0.1) is 0 Å². The minimum Gasteiger partial charge on any atom is -0.466 e. The lowest BCUT2D eigenvalue weighted by atomic mass is 10.1. The molecule has 2 N–H and O–H groups in total. The number of hydrogen-bond donors (Lipinski definition) is 2. The Balaban J connectivity index is 2.51. The van der Waals surface area contributed by atoms with E-state index in [1.165, 1.54) is 25.3 Å². The molecule has 2 aromatic rings. The lowest BCUT2D eigenvalue weighted by Gasteiger charge is -2.12. The van der Waals surface area contributed by atoms with Crippen LogP contribution in [0.3, 0.4) is 0 Å². The molecule has 0 aliphatic rings. The average molecular weight is 365 g/mol. The molecule has 0 aromatic heterocycles. The summed E-state index contributed by atoms with van der Waals surface area (Å²) in [5.74, 6) is -1.53. The van der Waals surface area contributed by atoms with Crippen molar-refractivity contribution >= 4 is 38.5 Å². The third-order valence-electron chi connectivity index (χ3n) is 3.29. The summed E-state index contributed by atoms with van der Waals surface area (Å²) >= 11 is 0. The topological polar surface area (TPSA) is 119 Å². The molecular weight excluding hydrogens is 350 g/mol. The highest BCUT2D eigenvalue weighted by atomic mass is 32.2. The normalized spacial score (nSPS) is 11.9. The van der Waals surface area contributed by atoms with E-state index in [-0.39, 0.29) is 10.6 Å². The van der Waals surface area contributed by atoms with E-state index in [1.54, 1.807) is 18.2 Å². The fourth-order valence-corrected chi connectivity index (χ4v) is 2.62. The zero-order chi connectivity index (χ0) is 18.6. The van der Waals surface area contributed by atoms with Crippen molar-refractivity contribution in [1.82, 2.24) is 0 Å². The van der Waals surface area contributed by atoms with Gasteiger partial charge in [0.2, 0.25) is 0 Å². The van der Waals surface area contributed by atoms with Crippen molar-refractivity contribution in [2.24, 2.45) is 0 Å². The number of hydrogen-bond acceptors (Lipinski definition) is 7. The number of anilines is 1. The molecular formula is C16H15NO7S. The molecule has 0 saturated carbocycles. The number of rotatable bonds is 5. The number of nitrogens with one attached hydrogen (secondary N) is 1. The number of fused-ring (bicyclic) bond motifs is 1. The maximum Gasteiger partial charge on any atom is 0.354 e. The SMILES string of the molecule is COC(=O)/C=C(/Nc1cccc2cc(S(=O)(=O)O)ccc12)C(=O)OC. The van der Waals surface area contributed by atoms with Crippen molar-refractivity contribution in [2.45, 2.75) is 4.90 Å². The van der Waals surface area contributed by atoms with Crippen LogP contribution in [0.15, 0.2) is 53.1 Å². The van der Waals surface area contributed by atoms with E-state index in [1.807, 2.05) is 0 Å². The van der Waals surface area contributed by atoms with E-state index in [9.17, 15) is 18.0 Å². The highest BCUT2D eigenvalue weighted by Crippen LogP contribution is 2.27. The van der Waals surface area contributed by atoms with E-state index < -0.39 is 22.1 Å². The van der Waals surface area contributed by atoms with Gasteiger partial charge in [-0.1, -0.05) is 18.2 Å². The quantitative estimate of drug-likeness (QED) is 0.467. The molecule has 0 unspecified atom stereocenters. The maximum absolute atomic E-state index is 11.8. The van der Waals surface area contributed by atoms with Gasteiger partial charge in [-0.25, -0.2) is 9.59 Å². The van der Waals surface area contributed by atoms with Gasteiger partial charge in [-0.05, 0) is 23.6 Å². The van der Waals surface area contributed by atoms with Crippen molar-refractivity contribution in [3.05, 3.63) is 48.2 Å². The van der Waals surface area contributed by atoms with E-state index in [4.69, 9.17) is 4.55 Å². The molecule has 0 aliphatic heterocycles. The van der Waals surface area contributed by atoms with E-state index in [0.29, 0.717) is 16.5 Å². The summed E-state index contributed by atoms with van der Waals surface area (Å²) in [6.07, 6.45) is 0.942. The van der Waals surface area contributed by atoms with Crippen molar-refractivity contribution < 1.29 is 32.0 Å². The number of carbonyl (C=O) groups is 2. The third kappa shape index (κ3) is 4.34. The van der Waals surface area contributed by atoms with Crippen LogP contribution in [0.1, 0.15) is 0 Å². The maximum atomic E-state index is 11.8. The second-order valence-corrected chi connectivity index (χ2v) is 6.28. The summed E-state index contributed by atoms with van der Waals surface area (Å²) in [5, 5.41) is 3.84. The highest BCUT2D eigenvalue weighted by molar-refractivity contribution is 7.85. The molecule has 2 aromatic carbocycles. The van der Waals surface area contributed by atoms with Crippen LogP contribution in [-0.2, 0) is 29.2 Å². The molecule has 0 fully saturated rings. The first kappa shape index (κ1) is 18.4. The first-order valence-corrected chi connectivity index (χ1v) is 8.35. The zero-order valence-corrected chi connectivity index (χ0v) is 14.2. The molecule has 0 radical (unpaired) electrons. The Kier molecular flexibility index (Phi) is 5.40. The Morgan fingerprint density at radius 3 is 2.44 bits per heavy atom. The Labute approximate surface area is 143 Å². The van der Waals surface area contributed by atoms with Gasteiger partial charge in [0.1, 0.15) is 5.70 Å². The molecule has 0 heterocycles. The van der Waals surface area contributed by atoms with Crippen LogP contribution in [-0.4, -0.2) is 39.1 Å².